The number of rotatable bonds is 6. The molecule has 3 aromatic rings. The van der Waals surface area contributed by atoms with E-state index in [0.29, 0.717) is 18.3 Å². The van der Waals surface area contributed by atoms with E-state index in [2.05, 4.69) is 25.4 Å². The van der Waals surface area contributed by atoms with E-state index in [-0.39, 0.29) is 11.6 Å². The van der Waals surface area contributed by atoms with E-state index in [1.165, 1.54) is 12.5 Å². The van der Waals surface area contributed by atoms with Crippen LogP contribution in [0.25, 0.3) is 11.4 Å². The number of hydrogen-bond donors (Lipinski definition) is 2. The summed E-state index contributed by atoms with van der Waals surface area (Å²) in [5.74, 6) is 1.02. The Bertz CT molecular complexity index is 1010. The molecule has 4 rings (SSSR count). The molecule has 0 radical (unpaired) electrons. The van der Waals surface area contributed by atoms with Crippen LogP contribution in [-0.4, -0.2) is 30.6 Å². The summed E-state index contributed by atoms with van der Waals surface area (Å²) in [4.78, 5) is 36.4. The van der Waals surface area contributed by atoms with Crippen molar-refractivity contribution in [3.05, 3.63) is 64.6 Å². The summed E-state index contributed by atoms with van der Waals surface area (Å²) in [5, 5.41) is 7.13. The van der Waals surface area contributed by atoms with E-state index >= 15 is 0 Å². The van der Waals surface area contributed by atoms with Crippen LogP contribution >= 0.6 is 0 Å². The highest BCUT2D eigenvalue weighted by Gasteiger charge is 2.36. The number of amides is 1. The highest BCUT2D eigenvalue weighted by atomic mass is 16.2. The number of aryl methyl sites for hydroxylation is 1. The smallest absolute Gasteiger partial charge is 0.264 e. The summed E-state index contributed by atoms with van der Waals surface area (Å²) in [6.45, 7) is 2.64. The second kappa shape index (κ2) is 7.14. The second-order valence-electron chi connectivity index (χ2n) is 6.56. The predicted molar refractivity (Wildman–Crippen MR) is 98.9 cm³/mol. The summed E-state index contributed by atoms with van der Waals surface area (Å²) in [7, 11) is 0. The average Bonchev–Trinajstić information content (AvgIpc) is 3.43. The fraction of sp³-hybridized carbons (Fsp3) is 0.316. The first-order valence-electron chi connectivity index (χ1n) is 9.00. The van der Waals surface area contributed by atoms with Gasteiger partial charge in [0.1, 0.15) is 23.5 Å². The molecule has 1 aromatic carbocycles. The zero-order chi connectivity index (χ0) is 18.8. The van der Waals surface area contributed by atoms with Gasteiger partial charge in [0, 0.05) is 18.3 Å². The Balaban J connectivity index is 1.58. The van der Waals surface area contributed by atoms with Gasteiger partial charge in [0.05, 0.1) is 6.04 Å². The topological polar surface area (TPSA) is 106 Å². The van der Waals surface area contributed by atoms with Gasteiger partial charge in [0.25, 0.3) is 11.5 Å². The Labute approximate surface area is 155 Å². The van der Waals surface area contributed by atoms with Crippen molar-refractivity contribution in [3.8, 4) is 11.4 Å². The molecule has 8 nitrogen and oxygen atoms in total. The predicted octanol–water partition coefficient (Wildman–Crippen LogP) is 1.93. The molecule has 2 N–H and O–H groups in total. The van der Waals surface area contributed by atoms with Crippen LogP contribution in [0, 0.1) is 5.92 Å². The average molecular weight is 364 g/mol. The van der Waals surface area contributed by atoms with Crippen molar-refractivity contribution >= 4 is 5.91 Å². The standard InChI is InChI=1S/C19H20N6O2/c1-2-25-17(21-11-22-25)15(12-8-9-12)23-18(26)14-10-20-16(24-19(14)27)13-6-4-3-5-7-13/h3-7,10-12,15H,2,8-9H2,1H3,(H,23,26)(H,20,24,27)/t15-/m1/s1. The van der Waals surface area contributed by atoms with Crippen LogP contribution in [0.15, 0.2) is 47.7 Å². The molecule has 1 atom stereocenters. The zero-order valence-corrected chi connectivity index (χ0v) is 14.9. The normalized spacial score (nSPS) is 14.7. The SMILES string of the molecule is CCn1ncnc1[C@H](NC(=O)c1cnc(-c2ccccc2)[nH]c1=O)C1CC1. The van der Waals surface area contributed by atoms with Gasteiger partial charge in [-0.3, -0.25) is 9.59 Å². The maximum atomic E-state index is 12.7. The van der Waals surface area contributed by atoms with E-state index in [1.807, 2.05) is 37.3 Å². The summed E-state index contributed by atoms with van der Waals surface area (Å²) in [6, 6.07) is 9.04. The van der Waals surface area contributed by atoms with Gasteiger partial charge < -0.3 is 10.3 Å². The molecule has 1 fully saturated rings. The fourth-order valence-electron chi connectivity index (χ4n) is 3.10. The lowest BCUT2D eigenvalue weighted by Crippen LogP contribution is -2.35. The van der Waals surface area contributed by atoms with Crippen molar-refractivity contribution in [3.63, 3.8) is 0 Å². The van der Waals surface area contributed by atoms with E-state index in [4.69, 9.17) is 0 Å². The highest BCUT2D eigenvalue weighted by molar-refractivity contribution is 5.93. The van der Waals surface area contributed by atoms with E-state index in [9.17, 15) is 9.59 Å². The van der Waals surface area contributed by atoms with Crippen molar-refractivity contribution in [2.24, 2.45) is 5.92 Å². The third-order valence-corrected chi connectivity index (χ3v) is 4.69. The number of nitrogens with zero attached hydrogens (tertiary/aromatic N) is 4. The molecule has 1 saturated carbocycles. The first-order chi connectivity index (χ1) is 13.2. The minimum absolute atomic E-state index is 0.0112. The maximum absolute atomic E-state index is 12.7. The lowest BCUT2D eigenvalue weighted by Gasteiger charge is -2.18. The molecule has 1 aliphatic carbocycles. The number of H-pyrrole nitrogens is 1. The molecule has 1 amide bonds. The van der Waals surface area contributed by atoms with Crippen LogP contribution < -0.4 is 10.9 Å². The Morgan fingerprint density at radius 1 is 1.30 bits per heavy atom. The molecule has 138 valence electrons. The van der Waals surface area contributed by atoms with Gasteiger partial charge in [0.15, 0.2) is 0 Å². The van der Waals surface area contributed by atoms with Crippen LogP contribution in [0.3, 0.4) is 0 Å². The van der Waals surface area contributed by atoms with Crippen molar-refractivity contribution in [2.75, 3.05) is 0 Å². The number of benzene rings is 1. The summed E-state index contributed by atoms with van der Waals surface area (Å²) >= 11 is 0. The second-order valence-corrected chi connectivity index (χ2v) is 6.56. The minimum Gasteiger partial charge on any atom is -0.342 e. The number of carbonyl (C=O) groups is 1. The first kappa shape index (κ1) is 17.1. The van der Waals surface area contributed by atoms with Crippen LogP contribution in [0.2, 0.25) is 0 Å². The molecule has 8 heteroatoms. The quantitative estimate of drug-likeness (QED) is 0.695. The third kappa shape index (κ3) is 3.51. The molecule has 0 saturated heterocycles. The molecular formula is C19H20N6O2. The lowest BCUT2D eigenvalue weighted by atomic mass is 10.1. The number of aromatic amines is 1. The molecule has 27 heavy (non-hydrogen) atoms. The highest BCUT2D eigenvalue weighted by Crippen LogP contribution is 2.40. The van der Waals surface area contributed by atoms with Gasteiger partial charge in [-0.15, -0.1) is 0 Å². The number of nitrogens with one attached hydrogen (secondary N) is 2. The maximum Gasteiger partial charge on any atom is 0.264 e. The third-order valence-electron chi connectivity index (χ3n) is 4.69. The van der Waals surface area contributed by atoms with Gasteiger partial charge in [-0.25, -0.2) is 14.6 Å². The number of hydrogen-bond acceptors (Lipinski definition) is 5. The number of aromatic nitrogens is 5. The Morgan fingerprint density at radius 2 is 2.07 bits per heavy atom. The molecule has 1 aliphatic rings. The summed E-state index contributed by atoms with van der Waals surface area (Å²) in [5.41, 5.74) is 0.309. The monoisotopic (exact) mass is 364 g/mol. The molecule has 2 aromatic heterocycles. The van der Waals surface area contributed by atoms with Crippen LogP contribution in [0.1, 0.15) is 42.0 Å². The van der Waals surface area contributed by atoms with E-state index in [1.54, 1.807) is 4.68 Å². The lowest BCUT2D eigenvalue weighted by molar-refractivity contribution is 0.0926. The van der Waals surface area contributed by atoms with Gasteiger partial charge >= 0.3 is 0 Å². The van der Waals surface area contributed by atoms with E-state index < -0.39 is 11.5 Å². The van der Waals surface area contributed by atoms with Crippen molar-refractivity contribution < 1.29 is 4.79 Å². The molecule has 0 unspecified atom stereocenters. The Morgan fingerprint density at radius 3 is 2.74 bits per heavy atom. The molecule has 0 spiro atoms. The summed E-state index contributed by atoms with van der Waals surface area (Å²) in [6.07, 6.45) is 4.85. The summed E-state index contributed by atoms with van der Waals surface area (Å²) < 4.78 is 1.77. The van der Waals surface area contributed by atoms with Crippen LogP contribution in [-0.2, 0) is 6.54 Å². The fourth-order valence-corrected chi connectivity index (χ4v) is 3.10. The molecule has 0 bridgehead atoms. The minimum atomic E-state index is -0.465. The van der Waals surface area contributed by atoms with Gasteiger partial charge in [-0.05, 0) is 25.7 Å². The van der Waals surface area contributed by atoms with Crippen molar-refractivity contribution in [1.82, 2.24) is 30.0 Å². The van der Waals surface area contributed by atoms with Gasteiger partial charge in [0.2, 0.25) is 0 Å². The largest absolute Gasteiger partial charge is 0.342 e. The van der Waals surface area contributed by atoms with Crippen LogP contribution in [0.4, 0.5) is 0 Å². The van der Waals surface area contributed by atoms with Crippen molar-refractivity contribution in [1.29, 1.82) is 0 Å². The molecule has 0 aliphatic heterocycles. The van der Waals surface area contributed by atoms with Gasteiger partial charge in [-0.2, -0.15) is 5.10 Å². The zero-order valence-electron chi connectivity index (χ0n) is 14.9. The first-order valence-corrected chi connectivity index (χ1v) is 9.00. The van der Waals surface area contributed by atoms with Gasteiger partial charge in [-0.1, -0.05) is 30.3 Å². The number of carbonyl (C=O) groups excluding carboxylic acids is 1. The Hall–Kier alpha value is -3.29. The van der Waals surface area contributed by atoms with E-state index in [0.717, 1.165) is 24.2 Å². The molecular weight excluding hydrogens is 344 g/mol. The Kier molecular flexibility index (Phi) is 4.53. The molecule has 2 heterocycles. The van der Waals surface area contributed by atoms with Crippen LogP contribution in [0.5, 0.6) is 0 Å². The van der Waals surface area contributed by atoms with Crippen molar-refractivity contribution in [2.45, 2.75) is 32.4 Å².